The molecule has 0 aliphatic carbocycles. The van der Waals surface area contributed by atoms with Gasteiger partial charge in [0.15, 0.2) is 0 Å². The van der Waals surface area contributed by atoms with Crippen LogP contribution in [0.25, 0.3) is 9.88 Å². The van der Waals surface area contributed by atoms with Crippen molar-refractivity contribution in [2.75, 3.05) is 13.7 Å². The van der Waals surface area contributed by atoms with Gasteiger partial charge >= 0.3 is 5.97 Å². The van der Waals surface area contributed by atoms with Crippen LogP contribution in [-0.2, 0) is 20.7 Å². The van der Waals surface area contributed by atoms with Gasteiger partial charge in [-0.3, -0.25) is 4.79 Å². The third kappa shape index (κ3) is 3.64. The minimum absolute atomic E-state index is 0.0675. The van der Waals surface area contributed by atoms with E-state index in [-0.39, 0.29) is 18.3 Å². The first kappa shape index (κ1) is 16.6. The van der Waals surface area contributed by atoms with Crippen molar-refractivity contribution < 1.29 is 14.3 Å². The molecule has 1 saturated heterocycles. The zero-order chi connectivity index (χ0) is 16.4. The summed E-state index contributed by atoms with van der Waals surface area (Å²) in [5.74, 6) is -0.402. The van der Waals surface area contributed by atoms with Crippen LogP contribution in [0.5, 0.6) is 0 Å². The second kappa shape index (κ2) is 7.11. The molecule has 1 amide bonds. The standard InChI is InChI=1S/C15H15BrN2O3S2/c1-21-15(20)11-3-2-4-18(11)13(19)6-10-8-23-14(17-10)12-5-9(16)7-22-12/h5,7-8,11H,2-4,6H2,1H3. The molecule has 122 valence electrons. The van der Waals surface area contributed by atoms with E-state index in [0.29, 0.717) is 13.0 Å². The first-order chi connectivity index (χ1) is 11.1. The number of carbonyl (C=O) groups is 2. The second-order valence-electron chi connectivity index (χ2n) is 5.22. The van der Waals surface area contributed by atoms with Crippen molar-refractivity contribution in [2.45, 2.75) is 25.3 Å². The molecule has 0 spiro atoms. The zero-order valence-corrected chi connectivity index (χ0v) is 15.7. The lowest BCUT2D eigenvalue weighted by molar-refractivity contribution is -0.150. The Morgan fingerprint density at radius 2 is 2.26 bits per heavy atom. The molecular formula is C15H15BrN2O3S2. The average molecular weight is 415 g/mol. The molecule has 0 N–H and O–H groups in total. The van der Waals surface area contributed by atoms with E-state index in [0.717, 1.165) is 26.5 Å². The summed E-state index contributed by atoms with van der Waals surface area (Å²) in [6, 6.07) is 1.57. The average Bonchev–Trinajstić information content (AvgIpc) is 3.25. The van der Waals surface area contributed by atoms with Crippen molar-refractivity contribution in [2.24, 2.45) is 0 Å². The van der Waals surface area contributed by atoms with Crippen molar-refractivity contribution in [1.82, 2.24) is 9.88 Å². The highest BCUT2D eigenvalue weighted by Gasteiger charge is 2.34. The van der Waals surface area contributed by atoms with Crippen LogP contribution in [-0.4, -0.2) is 41.5 Å². The van der Waals surface area contributed by atoms with E-state index >= 15 is 0 Å². The Morgan fingerprint density at radius 1 is 1.43 bits per heavy atom. The highest BCUT2D eigenvalue weighted by molar-refractivity contribution is 9.10. The molecule has 0 bridgehead atoms. The fourth-order valence-corrected chi connectivity index (χ4v) is 4.96. The predicted octanol–water partition coefficient (Wildman–Crippen LogP) is 3.34. The van der Waals surface area contributed by atoms with Gasteiger partial charge in [0, 0.05) is 21.8 Å². The maximum absolute atomic E-state index is 12.5. The fourth-order valence-electron chi connectivity index (χ4n) is 2.63. The van der Waals surface area contributed by atoms with Gasteiger partial charge in [-0.1, -0.05) is 0 Å². The van der Waals surface area contributed by atoms with Gasteiger partial charge in [0.2, 0.25) is 5.91 Å². The first-order valence-corrected chi connectivity index (χ1v) is 9.70. The summed E-state index contributed by atoms with van der Waals surface area (Å²) < 4.78 is 5.81. The molecule has 3 rings (SSSR count). The molecule has 0 saturated carbocycles. The Labute approximate surface area is 150 Å². The van der Waals surface area contributed by atoms with Gasteiger partial charge in [0.1, 0.15) is 11.0 Å². The van der Waals surface area contributed by atoms with Crippen LogP contribution in [0.3, 0.4) is 0 Å². The Bertz CT molecular complexity index is 728. The van der Waals surface area contributed by atoms with E-state index in [2.05, 4.69) is 20.9 Å². The smallest absolute Gasteiger partial charge is 0.328 e. The van der Waals surface area contributed by atoms with Crippen LogP contribution in [0.4, 0.5) is 0 Å². The summed E-state index contributed by atoms with van der Waals surface area (Å²) in [6.45, 7) is 0.605. The van der Waals surface area contributed by atoms with Gasteiger partial charge in [-0.15, -0.1) is 22.7 Å². The number of methoxy groups -OCH3 is 1. The predicted molar refractivity (Wildman–Crippen MR) is 93.6 cm³/mol. The van der Waals surface area contributed by atoms with E-state index in [1.165, 1.54) is 18.4 Å². The summed E-state index contributed by atoms with van der Waals surface area (Å²) >= 11 is 6.57. The number of amides is 1. The molecule has 2 aromatic heterocycles. The SMILES string of the molecule is COC(=O)C1CCCN1C(=O)Cc1csc(-c2cc(Br)cs2)n1. The lowest BCUT2D eigenvalue weighted by Gasteiger charge is -2.22. The molecule has 5 nitrogen and oxygen atoms in total. The first-order valence-electron chi connectivity index (χ1n) is 7.14. The van der Waals surface area contributed by atoms with E-state index in [4.69, 9.17) is 4.74 Å². The van der Waals surface area contributed by atoms with E-state index in [1.54, 1.807) is 16.2 Å². The van der Waals surface area contributed by atoms with Crippen molar-refractivity contribution >= 4 is 50.5 Å². The normalized spacial score (nSPS) is 17.5. The van der Waals surface area contributed by atoms with Crippen LogP contribution in [0.1, 0.15) is 18.5 Å². The molecule has 1 atom stereocenters. The van der Waals surface area contributed by atoms with E-state index in [9.17, 15) is 9.59 Å². The Hall–Kier alpha value is -1.25. The number of halogens is 1. The van der Waals surface area contributed by atoms with E-state index < -0.39 is 6.04 Å². The molecule has 1 fully saturated rings. The van der Waals surface area contributed by atoms with Gasteiger partial charge in [0.25, 0.3) is 0 Å². The number of ether oxygens (including phenoxy) is 1. The van der Waals surface area contributed by atoms with Crippen LogP contribution >= 0.6 is 38.6 Å². The summed E-state index contributed by atoms with van der Waals surface area (Å²) in [5.41, 5.74) is 0.745. The summed E-state index contributed by atoms with van der Waals surface area (Å²) in [6.07, 6.45) is 1.72. The zero-order valence-electron chi connectivity index (χ0n) is 12.5. The van der Waals surface area contributed by atoms with Crippen LogP contribution in [0.2, 0.25) is 0 Å². The molecule has 2 aromatic rings. The fraction of sp³-hybridized carbons (Fsp3) is 0.400. The molecule has 1 aliphatic rings. The molecule has 8 heteroatoms. The number of hydrogen-bond donors (Lipinski definition) is 0. The molecule has 1 aliphatic heterocycles. The molecule has 1 unspecified atom stereocenters. The number of thiazole rings is 1. The molecule has 3 heterocycles. The number of aromatic nitrogens is 1. The lowest BCUT2D eigenvalue weighted by Crippen LogP contribution is -2.41. The summed E-state index contributed by atoms with van der Waals surface area (Å²) in [4.78, 5) is 31.4. The van der Waals surface area contributed by atoms with Gasteiger partial charge in [-0.25, -0.2) is 9.78 Å². The summed E-state index contributed by atoms with van der Waals surface area (Å²) in [7, 11) is 1.36. The van der Waals surface area contributed by atoms with Crippen molar-refractivity contribution in [3.05, 3.63) is 27.0 Å². The minimum atomic E-state index is -0.446. The largest absolute Gasteiger partial charge is 0.467 e. The molecule has 0 aromatic carbocycles. The van der Waals surface area contributed by atoms with Crippen molar-refractivity contribution in [3.8, 4) is 9.88 Å². The molecule has 23 heavy (non-hydrogen) atoms. The minimum Gasteiger partial charge on any atom is -0.467 e. The highest BCUT2D eigenvalue weighted by atomic mass is 79.9. The Balaban J connectivity index is 1.68. The maximum Gasteiger partial charge on any atom is 0.328 e. The lowest BCUT2D eigenvalue weighted by atomic mass is 10.2. The third-order valence-corrected chi connectivity index (χ3v) is 6.46. The summed E-state index contributed by atoms with van der Waals surface area (Å²) in [5, 5.41) is 4.83. The van der Waals surface area contributed by atoms with Gasteiger partial charge in [-0.05, 0) is 34.8 Å². The Morgan fingerprint density at radius 3 is 2.96 bits per heavy atom. The number of thiophene rings is 1. The van der Waals surface area contributed by atoms with Crippen LogP contribution < -0.4 is 0 Å². The number of carbonyl (C=O) groups excluding carboxylic acids is 2. The van der Waals surface area contributed by atoms with E-state index in [1.807, 2.05) is 16.8 Å². The number of rotatable bonds is 4. The van der Waals surface area contributed by atoms with Gasteiger partial charge in [0.05, 0.1) is 24.1 Å². The van der Waals surface area contributed by atoms with Gasteiger partial charge in [-0.2, -0.15) is 0 Å². The highest BCUT2D eigenvalue weighted by Crippen LogP contribution is 2.32. The maximum atomic E-state index is 12.5. The van der Waals surface area contributed by atoms with Crippen LogP contribution in [0, 0.1) is 0 Å². The number of likely N-dealkylation sites (tertiary alicyclic amines) is 1. The van der Waals surface area contributed by atoms with Crippen molar-refractivity contribution in [3.63, 3.8) is 0 Å². The molecule has 0 radical (unpaired) electrons. The third-order valence-electron chi connectivity index (χ3n) is 3.71. The number of hydrogen-bond acceptors (Lipinski definition) is 6. The second-order valence-corrected chi connectivity index (χ2v) is 7.90. The van der Waals surface area contributed by atoms with Gasteiger partial charge < -0.3 is 9.64 Å². The number of esters is 1. The monoisotopic (exact) mass is 414 g/mol. The number of nitrogens with zero attached hydrogens (tertiary/aromatic N) is 2. The Kier molecular flexibility index (Phi) is 5.13. The molecular weight excluding hydrogens is 400 g/mol. The van der Waals surface area contributed by atoms with Crippen LogP contribution in [0.15, 0.2) is 21.3 Å². The quantitative estimate of drug-likeness (QED) is 0.719. The van der Waals surface area contributed by atoms with Crippen molar-refractivity contribution in [1.29, 1.82) is 0 Å². The topological polar surface area (TPSA) is 59.5 Å².